The maximum absolute atomic E-state index is 13.6. The van der Waals surface area contributed by atoms with Gasteiger partial charge in [0, 0.05) is 32.3 Å². The maximum atomic E-state index is 13.6. The smallest absolute Gasteiger partial charge is 0.383 e. The Bertz CT molecular complexity index is 623. The van der Waals surface area contributed by atoms with Gasteiger partial charge in [0.1, 0.15) is 6.04 Å². The minimum absolute atomic E-state index is 0.0550. The molecule has 0 aromatic heterocycles. The summed E-state index contributed by atoms with van der Waals surface area (Å²) in [7, 11) is -1.74. The van der Waals surface area contributed by atoms with E-state index in [1.807, 2.05) is 0 Å². The van der Waals surface area contributed by atoms with Crippen molar-refractivity contribution in [1.82, 2.24) is 8.61 Å². The summed E-state index contributed by atoms with van der Waals surface area (Å²) in [6, 6.07) is 2.65. The summed E-state index contributed by atoms with van der Waals surface area (Å²) in [5.41, 5.74) is -0.197. The number of nitrogens with zero attached hydrogens (tertiary/aromatic N) is 2. The van der Waals surface area contributed by atoms with Crippen molar-refractivity contribution in [1.29, 1.82) is 0 Å². The zero-order valence-corrected chi connectivity index (χ0v) is 15.1. The van der Waals surface area contributed by atoms with E-state index in [4.69, 9.17) is 16.3 Å². The van der Waals surface area contributed by atoms with Crippen molar-refractivity contribution < 1.29 is 26.3 Å². The van der Waals surface area contributed by atoms with Crippen LogP contribution in [0.1, 0.15) is 18.5 Å². The fourth-order valence-electron chi connectivity index (χ4n) is 2.16. The van der Waals surface area contributed by atoms with Crippen molar-refractivity contribution in [3.05, 3.63) is 34.9 Å². The molecule has 0 bridgehead atoms. The lowest BCUT2D eigenvalue weighted by molar-refractivity contribution is -0.173. The molecule has 1 rings (SSSR count). The molecule has 0 aliphatic heterocycles. The molecule has 0 heterocycles. The first kappa shape index (κ1) is 21.2. The maximum Gasteiger partial charge on any atom is 0.409 e. The van der Waals surface area contributed by atoms with Crippen molar-refractivity contribution in [2.24, 2.45) is 0 Å². The molecule has 0 aliphatic rings. The van der Waals surface area contributed by atoms with Gasteiger partial charge in [-0.1, -0.05) is 30.7 Å². The summed E-state index contributed by atoms with van der Waals surface area (Å²) in [5.74, 6) is 0. The number of rotatable bonds is 8. The van der Waals surface area contributed by atoms with Crippen LogP contribution in [0.3, 0.4) is 0 Å². The molecule has 0 saturated heterocycles. The lowest BCUT2D eigenvalue weighted by Crippen LogP contribution is -2.48. The Morgan fingerprint density at radius 2 is 1.79 bits per heavy atom. The number of likely N-dealkylation sites (N-methyl/N-ethyl adjacent to an activating group) is 1. The van der Waals surface area contributed by atoms with E-state index in [0.29, 0.717) is 4.31 Å². The number of benzene rings is 1. The predicted octanol–water partition coefficient (Wildman–Crippen LogP) is 3.09. The Kier molecular flexibility index (Phi) is 7.48. The van der Waals surface area contributed by atoms with Crippen LogP contribution in [0.4, 0.5) is 13.2 Å². The molecular weight excluding hydrogens is 369 g/mol. The summed E-state index contributed by atoms with van der Waals surface area (Å²) < 4.78 is 72.0. The van der Waals surface area contributed by atoms with Gasteiger partial charge in [0.05, 0.1) is 6.61 Å². The van der Waals surface area contributed by atoms with Gasteiger partial charge in [-0.15, -0.1) is 0 Å². The first-order chi connectivity index (χ1) is 11.1. The van der Waals surface area contributed by atoms with Crippen LogP contribution in [0.2, 0.25) is 5.02 Å². The third-order valence-corrected chi connectivity index (χ3v) is 5.68. The largest absolute Gasteiger partial charge is 0.409 e. The monoisotopic (exact) mass is 388 g/mol. The number of hydrogen-bond donors (Lipinski definition) is 0. The van der Waals surface area contributed by atoms with E-state index < -0.39 is 22.4 Å². The van der Waals surface area contributed by atoms with Crippen molar-refractivity contribution >= 4 is 21.8 Å². The van der Waals surface area contributed by atoms with Crippen molar-refractivity contribution in [3.63, 3.8) is 0 Å². The van der Waals surface area contributed by atoms with Gasteiger partial charge in [-0.3, -0.25) is 0 Å². The standard InChI is InChI=1S/C14H20ClF3N2O3S/c1-4-20(24(21,22)19(2)9-10-23-3)13(14(16,17)18)11-5-7-12(15)8-6-11/h5-8,13H,4,9-10H2,1-3H3. The molecule has 1 aromatic rings. The molecule has 0 amide bonds. The van der Waals surface area contributed by atoms with Gasteiger partial charge in [0.2, 0.25) is 0 Å². The van der Waals surface area contributed by atoms with Crippen molar-refractivity contribution in [2.45, 2.75) is 19.1 Å². The molecule has 0 fully saturated rings. The minimum Gasteiger partial charge on any atom is -0.383 e. The van der Waals surface area contributed by atoms with Gasteiger partial charge in [0.15, 0.2) is 0 Å². The highest BCUT2D eigenvalue weighted by Crippen LogP contribution is 2.39. The molecule has 0 spiro atoms. The summed E-state index contributed by atoms with van der Waals surface area (Å²) in [4.78, 5) is 0. The van der Waals surface area contributed by atoms with Crippen LogP contribution in [0.5, 0.6) is 0 Å². The molecule has 0 N–H and O–H groups in total. The molecule has 10 heteroatoms. The fraction of sp³-hybridized carbons (Fsp3) is 0.571. The van der Waals surface area contributed by atoms with E-state index in [2.05, 4.69) is 0 Å². The van der Waals surface area contributed by atoms with Gasteiger partial charge in [-0.25, -0.2) is 0 Å². The van der Waals surface area contributed by atoms with Crippen LogP contribution >= 0.6 is 11.6 Å². The second-order valence-corrected chi connectivity index (χ2v) is 7.45. The van der Waals surface area contributed by atoms with E-state index in [1.54, 1.807) is 0 Å². The Morgan fingerprint density at radius 3 is 2.21 bits per heavy atom. The van der Waals surface area contributed by atoms with Crippen LogP contribution in [0.15, 0.2) is 24.3 Å². The normalized spacial score (nSPS) is 14.4. The Labute approximate surface area is 145 Å². The zero-order valence-electron chi connectivity index (χ0n) is 13.5. The van der Waals surface area contributed by atoms with E-state index in [0.717, 1.165) is 4.31 Å². The summed E-state index contributed by atoms with van der Waals surface area (Å²) in [5, 5.41) is 0.266. The van der Waals surface area contributed by atoms with Crippen LogP contribution in [0.25, 0.3) is 0 Å². The van der Waals surface area contributed by atoms with E-state index in [1.165, 1.54) is 45.3 Å². The molecule has 1 unspecified atom stereocenters. The second-order valence-electron chi connectivity index (χ2n) is 5.02. The molecule has 0 radical (unpaired) electrons. The molecule has 0 aliphatic carbocycles. The van der Waals surface area contributed by atoms with Crippen molar-refractivity contribution in [3.8, 4) is 0 Å². The highest BCUT2D eigenvalue weighted by Gasteiger charge is 2.49. The quantitative estimate of drug-likeness (QED) is 0.687. The SMILES string of the molecule is CCN(C(c1ccc(Cl)cc1)C(F)(F)F)S(=O)(=O)N(C)CCOC. The zero-order chi connectivity index (χ0) is 18.5. The molecule has 1 aromatic carbocycles. The summed E-state index contributed by atoms with van der Waals surface area (Å²) in [6.07, 6.45) is -4.78. The van der Waals surface area contributed by atoms with E-state index in [9.17, 15) is 21.6 Å². The number of methoxy groups -OCH3 is 1. The fourth-order valence-corrected chi connectivity index (χ4v) is 3.78. The van der Waals surface area contributed by atoms with Gasteiger partial charge in [0.25, 0.3) is 10.2 Å². The van der Waals surface area contributed by atoms with E-state index >= 15 is 0 Å². The van der Waals surface area contributed by atoms with Gasteiger partial charge < -0.3 is 4.74 Å². The lowest BCUT2D eigenvalue weighted by atomic mass is 10.1. The van der Waals surface area contributed by atoms with Gasteiger partial charge in [-0.2, -0.15) is 30.2 Å². The van der Waals surface area contributed by atoms with E-state index in [-0.39, 0.29) is 30.3 Å². The van der Waals surface area contributed by atoms with Gasteiger partial charge >= 0.3 is 6.18 Å². The number of hydrogen-bond acceptors (Lipinski definition) is 3. The van der Waals surface area contributed by atoms with Crippen LogP contribution in [-0.2, 0) is 14.9 Å². The minimum atomic E-state index is -4.78. The first-order valence-corrected chi connectivity index (χ1v) is 8.87. The van der Waals surface area contributed by atoms with Crippen molar-refractivity contribution in [2.75, 3.05) is 33.9 Å². The molecule has 138 valence electrons. The van der Waals surface area contributed by atoms with Gasteiger partial charge in [-0.05, 0) is 17.7 Å². The Hall–Kier alpha value is -0.870. The average molecular weight is 389 g/mol. The molecule has 24 heavy (non-hydrogen) atoms. The highest BCUT2D eigenvalue weighted by molar-refractivity contribution is 7.86. The predicted molar refractivity (Wildman–Crippen MR) is 86.1 cm³/mol. The molecule has 5 nitrogen and oxygen atoms in total. The van der Waals surface area contributed by atoms with Crippen LogP contribution < -0.4 is 0 Å². The number of alkyl halides is 3. The topological polar surface area (TPSA) is 49.9 Å². The third kappa shape index (κ3) is 5.06. The molecule has 1 atom stereocenters. The number of ether oxygens (including phenoxy) is 1. The van der Waals surface area contributed by atoms with Crippen LogP contribution in [-0.4, -0.2) is 57.1 Å². The third-order valence-electron chi connectivity index (χ3n) is 3.40. The molecular formula is C14H20ClF3N2O3S. The number of halogens is 4. The second kappa shape index (κ2) is 8.48. The Balaban J connectivity index is 3.30. The Morgan fingerprint density at radius 1 is 1.25 bits per heavy atom. The average Bonchev–Trinajstić information content (AvgIpc) is 2.49. The summed E-state index contributed by atoms with van der Waals surface area (Å²) >= 11 is 5.71. The van der Waals surface area contributed by atoms with Crippen LogP contribution in [0, 0.1) is 0 Å². The highest BCUT2D eigenvalue weighted by atomic mass is 35.5. The summed E-state index contributed by atoms with van der Waals surface area (Å²) in [6.45, 7) is 1.04. The first-order valence-electron chi connectivity index (χ1n) is 7.10. The molecule has 0 saturated carbocycles. The lowest BCUT2D eigenvalue weighted by Gasteiger charge is -2.34.